The van der Waals surface area contributed by atoms with E-state index in [2.05, 4.69) is 95.6 Å². The molecule has 0 saturated heterocycles. The van der Waals surface area contributed by atoms with Gasteiger partial charge >= 0.3 is 0 Å². The summed E-state index contributed by atoms with van der Waals surface area (Å²) in [6.45, 7) is 4.00. The Bertz CT molecular complexity index is 974. The molecule has 0 aliphatic rings. The summed E-state index contributed by atoms with van der Waals surface area (Å²) < 4.78 is 3.52. The van der Waals surface area contributed by atoms with E-state index in [9.17, 15) is 15.3 Å². The monoisotopic (exact) mass is 804 g/mol. The van der Waals surface area contributed by atoms with E-state index >= 15 is 0 Å². The van der Waals surface area contributed by atoms with Gasteiger partial charge in [0.1, 0.15) is 17.2 Å². The van der Waals surface area contributed by atoms with Crippen LogP contribution in [-0.2, 0) is 6.42 Å². The van der Waals surface area contributed by atoms with Crippen LogP contribution in [0.1, 0.15) is 36.5 Å². The summed E-state index contributed by atoms with van der Waals surface area (Å²) in [7, 11) is 0. The van der Waals surface area contributed by atoms with Gasteiger partial charge in [-0.15, -0.1) is 0 Å². The molecule has 166 valence electrons. The molecule has 0 heterocycles. The second-order valence-electron chi connectivity index (χ2n) is 6.33. The molecule has 0 fully saturated rings. The number of phenolic OH excluding ortho intramolecular Hbond substituents is 3. The number of hydrogen-bond donors (Lipinski definition) is 3. The van der Waals surface area contributed by atoms with Crippen molar-refractivity contribution in [2.24, 2.45) is 0 Å². The third kappa shape index (κ3) is 6.51. The lowest BCUT2D eigenvalue weighted by molar-refractivity contribution is 0.466. The molecular formula is C22H18Br6O3. The minimum atomic E-state index is -0.0975. The molecule has 31 heavy (non-hydrogen) atoms. The third-order valence-corrected chi connectivity index (χ3v) is 8.03. The van der Waals surface area contributed by atoms with E-state index in [1.165, 1.54) is 0 Å². The lowest BCUT2D eigenvalue weighted by atomic mass is 9.86. The lowest BCUT2D eigenvalue weighted by Gasteiger charge is -2.21. The van der Waals surface area contributed by atoms with Crippen molar-refractivity contribution in [3.8, 4) is 17.2 Å². The minimum Gasteiger partial charge on any atom is -0.506 e. The first-order chi connectivity index (χ1) is 14.6. The Kier molecular flexibility index (Phi) is 10.4. The molecule has 0 unspecified atom stereocenters. The first kappa shape index (κ1) is 27.2. The summed E-state index contributed by atoms with van der Waals surface area (Å²) in [5.41, 5.74) is 2.92. The van der Waals surface area contributed by atoms with E-state index in [0.717, 1.165) is 16.7 Å². The molecule has 0 aromatic heterocycles. The molecule has 0 spiro atoms. The minimum absolute atomic E-state index is 0.0975. The Hall–Kier alpha value is -0.0600. The smallest absolute Gasteiger partial charge is 0.143 e. The first-order valence-electron chi connectivity index (χ1n) is 9.11. The van der Waals surface area contributed by atoms with Crippen molar-refractivity contribution >= 4 is 95.6 Å². The zero-order valence-corrected chi connectivity index (χ0v) is 25.9. The predicted octanol–water partition coefficient (Wildman–Crippen LogP) is 9.78. The average Bonchev–Trinajstić information content (AvgIpc) is 2.73. The fourth-order valence-electron chi connectivity index (χ4n) is 2.97. The molecule has 3 nitrogen and oxygen atoms in total. The second kappa shape index (κ2) is 11.9. The fourth-order valence-corrected chi connectivity index (χ4v) is 6.70. The number of halogens is 6. The highest BCUT2D eigenvalue weighted by Gasteiger charge is 2.21. The molecule has 0 saturated carbocycles. The number of aromatic hydroxyl groups is 3. The van der Waals surface area contributed by atoms with Crippen LogP contribution in [0.2, 0.25) is 0 Å². The molecule has 3 N–H and O–H groups in total. The molecule has 0 bridgehead atoms. The Morgan fingerprint density at radius 3 is 1.10 bits per heavy atom. The van der Waals surface area contributed by atoms with Gasteiger partial charge < -0.3 is 15.3 Å². The van der Waals surface area contributed by atoms with Gasteiger partial charge in [0.05, 0.1) is 26.8 Å². The lowest BCUT2D eigenvalue weighted by Crippen LogP contribution is -2.06. The van der Waals surface area contributed by atoms with E-state index < -0.39 is 0 Å². The topological polar surface area (TPSA) is 60.7 Å². The number of phenols is 3. The molecule has 3 rings (SSSR count). The van der Waals surface area contributed by atoms with Crippen LogP contribution in [-0.4, -0.2) is 15.3 Å². The van der Waals surface area contributed by atoms with Gasteiger partial charge in [0, 0.05) is 5.92 Å². The zero-order valence-electron chi connectivity index (χ0n) is 16.4. The Balaban J connectivity index is 0.00000166. The SMILES string of the molecule is CC.Oc1c(Br)cc(CC(c2cc(Br)c(O)c(Br)c2)c2cc(Br)c(O)c(Br)c2)cc1Br. The molecule has 0 amide bonds. The van der Waals surface area contributed by atoms with Crippen molar-refractivity contribution in [1.82, 2.24) is 0 Å². The van der Waals surface area contributed by atoms with E-state index in [1.54, 1.807) is 0 Å². The van der Waals surface area contributed by atoms with Gasteiger partial charge in [-0.05, 0) is 155 Å². The van der Waals surface area contributed by atoms with Gasteiger partial charge in [-0.3, -0.25) is 0 Å². The van der Waals surface area contributed by atoms with Crippen molar-refractivity contribution < 1.29 is 15.3 Å². The molecule has 9 heteroatoms. The van der Waals surface area contributed by atoms with Crippen LogP contribution < -0.4 is 0 Å². The first-order valence-corrected chi connectivity index (χ1v) is 13.9. The molecule has 0 aliphatic carbocycles. The van der Waals surface area contributed by atoms with Crippen molar-refractivity contribution in [2.75, 3.05) is 0 Å². The van der Waals surface area contributed by atoms with Crippen LogP contribution in [0, 0.1) is 0 Å². The Morgan fingerprint density at radius 1 is 0.548 bits per heavy atom. The molecule has 0 radical (unpaired) electrons. The number of benzene rings is 3. The van der Waals surface area contributed by atoms with Crippen LogP contribution in [0.5, 0.6) is 17.2 Å². The summed E-state index contributed by atoms with van der Waals surface area (Å²) in [5, 5.41) is 30.3. The molecule has 0 aliphatic heterocycles. The van der Waals surface area contributed by atoms with Crippen molar-refractivity contribution in [3.05, 3.63) is 79.9 Å². The average molecular weight is 810 g/mol. The highest BCUT2D eigenvalue weighted by molar-refractivity contribution is 9.11. The number of rotatable bonds is 4. The Morgan fingerprint density at radius 2 is 0.806 bits per heavy atom. The van der Waals surface area contributed by atoms with Crippen LogP contribution in [0.4, 0.5) is 0 Å². The van der Waals surface area contributed by atoms with Gasteiger partial charge in [-0.2, -0.15) is 0 Å². The van der Waals surface area contributed by atoms with Gasteiger partial charge in [-0.25, -0.2) is 0 Å². The maximum atomic E-state index is 10.1. The highest BCUT2D eigenvalue weighted by Crippen LogP contribution is 2.43. The molecule has 3 aromatic carbocycles. The van der Waals surface area contributed by atoms with E-state index in [-0.39, 0.29) is 23.2 Å². The maximum Gasteiger partial charge on any atom is 0.143 e. The van der Waals surface area contributed by atoms with Crippen molar-refractivity contribution in [3.63, 3.8) is 0 Å². The standard InChI is InChI=1S/C20H12Br6O3.C2H6/c21-12-2-8(3-13(22)18(12)27)1-11(9-4-14(23)19(28)15(24)5-9)10-6-16(25)20(29)17(26)7-10;1-2/h2-7,11,27-29H,1H2;1-2H3. The summed E-state index contributed by atoms with van der Waals surface area (Å²) >= 11 is 20.4. The molecule has 3 aromatic rings. The van der Waals surface area contributed by atoms with E-state index in [4.69, 9.17) is 0 Å². The quantitative estimate of drug-likeness (QED) is 0.246. The maximum absolute atomic E-state index is 10.1. The molecule has 0 atom stereocenters. The van der Waals surface area contributed by atoms with Crippen LogP contribution in [0.15, 0.2) is 63.2 Å². The third-order valence-electron chi connectivity index (χ3n) is 4.40. The van der Waals surface area contributed by atoms with Gasteiger partial charge in [0.25, 0.3) is 0 Å². The van der Waals surface area contributed by atoms with E-state index in [1.807, 2.05) is 50.2 Å². The van der Waals surface area contributed by atoms with Gasteiger partial charge in [-0.1, -0.05) is 13.8 Å². The zero-order chi connectivity index (χ0) is 23.5. The highest BCUT2D eigenvalue weighted by atomic mass is 79.9. The largest absolute Gasteiger partial charge is 0.506 e. The van der Waals surface area contributed by atoms with E-state index in [0.29, 0.717) is 33.3 Å². The van der Waals surface area contributed by atoms with Crippen LogP contribution >= 0.6 is 95.6 Å². The van der Waals surface area contributed by atoms with Gasteiger partial charge in [0.2, 0.25) is 0 Å². The summed E-state index contributed by atoms with van der Waals surface area (Å²) in [5.74, 6) is 0.321. The summed E-state index contributed by atoms with van der Waals surface area (Å²) in [4.78, 5) is 0. The van der Waals surface area contributed by atoms with Crippen molar-refractivity contribution in [1.29, 1.82) is 0 Å². The molecular weight excluding hydrogens is 792 g/mol. The fraction of sp³-hybridized carbons (Fsp3) is 0.182. The Labute approximate surface area is 232 Å². The summed E-state index contributed by atoms with van der Waals surface area (Å²) in [6, 6.07) is 11.3. The van der Waals surface area contributed by atoms with Gasteiger partial charge in [0.15, 0.2) is 0 Å². The van der Waals surface area contributed by atoms with Crippen LogP contribution in [0.3, 0.4) is 0 Å². The van der Waals surface area contributed by atoms with Crippen LogP contribution in [0.25, 0.3) is 0 Å². The number of hydrogen-bond acceptors (Lipinski definition) is 3. The normalized spacial score (nSPS) is 10.7. The second-order valence-corrected chi connectivity index (χ2v) is 11.5. The predicted molar refractivity (Wildman–Crippen MR) is 147 cm³/mol. The van der Waals surface area contributed by atoms with Crippen molar-refractivity contribution in [2.45, 2.75) is 26.2 Å². The summed E-state index contributed by atoms with van der Waals surface area (Å²) in [6.07, 6.45) is 0.616.